The average Bonchev–Trinajstić information content (AvgIpc) is 3.42. The van der Waals surface area contributed by atoms with Crippen LogP contribution in [0.5, 0.6) is 23.0 Å². The second-order valence-corrected chi connectivity index (χ2v) is 11.4. The van der Waals surface area contributed by atoms with Gasteiger partial charge in [0.1, 0.15) is 11.5 Å². The van der Waals surface area contributed by atoms with Crippen LogP contribution in [0, 0.1) is 0 Å². The molecule has 40 heavy (non-hydrogen) atoms. The van der Waals surface area contributed by atoms with Crippen molar-refractivity contribution < 1.29 is 32.2 Å². The summed E-state index contributed by atoms with van der Waals surface area (Å²) in [6.45, 7) is 5.82. The SMILES string of the molecule is CCOc1ccc(NS(=O)(=O)c2ccc(OCC(=O)N3CCN(Cc4ccc5c(c4)OCO5)CC3)c(Cl)c2)cc1. The van der Waals surface area contributed by atoms with Crippen LogP contribution >= 0.6 is 11.6 Å². The number of hydrogen-bond acceptors (Lipinski definition) is 8. The molecule has 1 fully saturated rings. The fourth-order valence-electron chi connectivity index (χ4n) is 4.45. The molecule has 0 bridgehead atoms. The molecular weight excluding hydrogens is 558 g/mol. The Labute approximate surface area is 238 Å². The predicted molar refractivity (Wildman–Crippen MR) is 150 cm³/mol. The van der Waals surface area contributed by atoms with Crippen LogP contribution in [0.1, 0.15) is 12.5 Å². The van der Waals surface area contributed by atoms with E-state index in [1.165, 1.54) is 18.2 Å². The molecule has 0 saturated carbocycles. The molecule has 212 valence electrons. The number of nitrogens with one attached hydrogen (secondary N) is 1. The highest BCUT2D eigenvalue weighted by Gasteiger charge is 2.23. The fourth-order valence-corrected chi connectivity index (χ4v) is 5.83. The number of nitrogens with zero attached hydrogens (tertiary/aromatic N) is 2. The zero-order chi connectivity index (χ0) is 28.1. The molecule has 5 rings (SSSR count). The van der Waals surface area contributed by atoms with Gasteiger partial charge in [0.15, 0.2) is 18.1 Å². The lowest BCUT2D eigenvalue weighted by Gasteiger charge is -2.34. The van der Waals surface area contributed by atoms with Gasteiger partial charge in [-0.3, -0.25) is 14.4 Å². The summed E-state index contributed by atoms with van der Waals surface area (Å²) in [6.07, 6.45) is 0. The molecule has 0 atom stereocenters. The van der Waals surface area contributed by atoms with Gasteiger partial charge < -0.3 is 23.8 Å². The maximum Gasteiger partial charge on any atom is 0.261 e. The van der Waals surface area contributed by atoms with Crippen molar-refractivity contribution in [1.29, 1.82) is 0 Å². The van der Waals surface area contributed by atoms with Crippen LogP contribution in [-0.4, -0.2) is 70.3 Å². The van der Waals surface area contributed by atoms with Crippen LogP contribution in [0.25, 0.3) is 0 Å². The minimum absolute atomic E-state index is 0.0244. The van der Waals surface area contributed by atoms with E-state index in [-0.39, 0.29) is 35.0 Å². The van der Waals surface area contributed by atoms with E-state index in [2.05, 4.69) is 9.62 Å². The third-order valence-electron chi connectivity index (χ3n) is 6.55. The molecule has 3 aromatic rings. The van der Waals surface area contributed by atoms with Crippen LogP contribution in [0.2, 0.25) is 5.02 Å². The monoisotopic (exact) mass is 587 g/mol. The van der Waals surface area contributed by atoms with E-state index in [1.54, 1.807) is 29.2 Å². The summed E-state index contributed by atoms with van der Waals surface area (Å²) in [5.41, 5.74) is 1.52. The third kappa shape index (κ3) is 6.72. The van der Waals surface area contributed by atoms with Crippen molar-refractivity contribution in [3.8, 4) is 23.0 Å². The van der Waals surface area contributed by atoms with E-state index in [9.17, 15) is 13.2 Å². The number of fused-ring (bicyclic) bond motifs is 1. The van der Waals surface area contributed by atoms with Crippen molar-refractivity contribution >= 4 is 33.2 Å². The topological polar surface area (TPSA) is 107 Å². The highest BCUT2D eigenvalue weighted by Crippen LogP contribution is 2.33. The number of sulfonamides is 1. The van der Waals surface area contributed by atoms with Crippen LogP contribution in [0.3, 0.4) is 0 Å². The number of carbonyl (C=O) groups excluding carboxylic acids is 1. The first-order valence-electron chi connectivity index (χ1n) is 12.9. The van der Waals surface area contributed by atoms with Gasteiger partial charge in [-0.2, -0.15) is 0 Å². The molecule has 2 heterocycles. The first-order valence-corrected chi connectivity index (χ1v) is 14.7. The van der Waals surface area contributed by atoms with E-state index in [1.807, 2.05) is 25.1 Å². The summed E-state index contributed by atoms with van der Waals surface area (Å²) < 4.78 is 50.0. The van der Waals surface area contributed by atoms with Crippen molar-refractivity contribution in [3.05, 3.63) is 71.2 Å². The molecule has 10 nitrogen and oxygen atoms in total. The molecule has 0 radical (unpaired) electrons. The van der Waals surface area contributed by atoms with Gasteiger partial charge in [-0.1, -0.05) is 17.7 Å². The lowest BCUT2D eigenvalue weighted by Crippen LogP contribution is -2.49. The number of rotatable bonds is 10. The number of piperazine rings is 1. The van der Waals surface area contributed by atoms with Crippen LogP contribution < -0.4 is 23.7 Å². The van der Waals surface area contributed by atoms with Gasteiger partial charge in [0.05, 0.1) is 16.5 Å². The number of amides is 1. The smallest absolute Gasteiger partial charge is 0.261 e. The second kappa shape index (κ2) is 12.2. The molecule has 2 aliphatic heterocycles. The second-order valence-electron chi connectivity index (χ2n) is 9.29. The van der Waals surface area contributed by atoms with Gasteiger partial charge in [-0.25, -0.2) is 8.42 Å². The van der Waals surface area contributed by atoms with Crippen molar-refractivity contribution in [3.63, 3.8) is 0 Å². The Morgan fingerprint density at radius 3 is 2.42 bits per heavy atom. The largest absolute Gasteiger partial charge is 0.494 e. The Hall–Kier alpha value is -3.67. The zero-order valence-electron chi connectivity index (χ0n) is 22.0. The molecule has 1 N–H and O–H groups in total. The number of hydrogen-bond donors (Lipinski definition) is 1. The summed E-state index contributed by atoms with van der Waals surface area (Å²) in [4.78, 5) is 16.8. The predicted octanol–water partition coefficient (Wildman–Crippen LogP) is 3.99. The highest BCUT2D eigenvalue weighted by atomic mass is 35.5. The minimum atomic E-state index is -3.88. The van der Waals surface area contributed by atoms with Gasteiger partial charge >= 0.3 is 0 Å². The average molecular weight is 588 g/mol. The van der Waals surface area contributed by atoms with Crippen molar-refractivity contribution in [2.45, 2.75) is 18.4 Å². The minimum Gasteiger partial charge on any atom is -0.494 e. The molecule has 0 aromatic heterocycles. The van der Waals surface area contributed by atoms with Gasteiger partial charge in [0, 0.05) is 38.4 Å². The van der Waals surface area contributed by atoms with Crippen molar-refractivity contribution in [2.75, 3.05) is 50.9 Å². The first-order chi connectivity index (χ1) is 19.3. The fraction of sp³-hybridized carbons (Fsp3) is 0.321. The summed E-state index contributed by atoms with van der Waals surface area (Å²) in [6, 6.07) is 16.7. The lowest BCUT2D eigenvalue weighted by atomic mass is 10.1. The van der Waals surface area contributed by atoms with E-state index in [0.717, 1.165) is 36.7 Å². The molecule has 0 aliphatic carbocycles. The van der Waals surface area contributed by atoms with Gasteiger partial charge in [0.2, 0.25) is 6.79 Å². The van der Waals surface area contributed by atoms with Gasteiger partial charge in [0.25, 0.3) is 15.9 Å². The molecule has 1 saturated heterocycles. The van der Waals surface area contributed by atoms with Crippen molar-refractivity contribution in [1.82, 2.24) is 9.80 Å². The van der Waals surface area contributed by atoms with Crippen LogP contribution in [0.15, 0.2) is 65.6 Å². The molecule has 1 amide bonds. The van der Waals surface area contributed by atoms with Crippen molar-refractivity contribution in [2.24, 2.45) is 0 Å². The Morgan fingerprint density at radius 1 is 0.950 bits per heavy atom. The zero-order valence-corrected chi connectivity index (χ0v) is 23.5. The summed E-state index contributed by atoms with van der Waals surface area (Å²) in [7, 11) is -3.88. The number of benzene rings is 3. The number of anilines is 1. The van der Waals surface area contributed by atoms with Crippen LogP contribution in [0.4, 0.5) is 5.69 Å². The lowest BCUT2D eigenvalue weighted by molar-refractivity contribution is -0.135. The maximum absolute atomic E-state index is 12.8. The number of ether oxygens (including phenoxy) is 4. The van der Waals surface area contributed by atoms with E-state index >= 15 is 0 Å². The molecule has 0 spiro atoms. The summed E-state index contributed by atoms with van der Waals surface area (Å²) in [5.74, 6) is 2.24. The normalized spacial score (nSPS) is 15.1. The van der Waals surface area contributed by atoms with Crippen LogP contribution in [-0.2, 0) is 21.4 Å². The molecule has 12 heteroatoms. The summed E-state index contributed by atoms with van der Waals surface area (Å²) >= 11 is 6.31. The number of carbonyl (C=O) groups is 1. The van der Waals surface area contributed by atoms with E-state index in [0.29, 0.717) is 31.1 Å². The highest BCUT2D eigenvalue weighted by molar-refractivity contribution is 7.92. The Bertz CT molecular complexity index is 1460. The summed E-state index contributed by atoms with van der Waals surface area (Å²) in [5, 5.41) is 0.0934. The molecular formula is C28H30ClN3O7S. The number of halogens is 1. The molecule has 0 unspecified atom stereocenters. The van der Waals surface area contributed by atoms with E-state index < -0.39 is 10.0 Å². The quantitative estimate of drug-likeness (QED) is 0.379. The van der Waals surface area contributed by atoms with Gasteiger partial charge in [-0.05, 0) is 67.1 Å². The third-order valence-corrected chi connectivity index (χ3v) is 8.22. The van der Waals surface area contributed by atoms with Gasteiger partial charge in [-0.15, -0.1) is 0 Å². The van der Waals surface area contributed by atoms with E-state index in [4.69, 9.17) is 30.5 Å². The molecule has 3 aromatic carbocycles. The standard InChI is InChI=1S/C28H30ClN3O7S/c1-2-36-22-6-4-21(5-7-22)30-40(34,35)23-8-10-25(24(29)16-23)37-18-28(33)32-13-11-31(12-14-32)17-20-3-9-26-27(15-20)39-19-38-26/h3-10,15-16,30H,2,11-14,17-19H2,1H3. The molecule has 2 aliphatic rings. The Morgan fingerprint density at radius 2 is 1.70 bits per heavy atom. The maximum atomic E-state index is 12.8. The Kier molecular flexibility index (Phi) is 8.53. The Balaban J connectivity index is 1.10. The first kappa shape index (κ1) is 27.9.